The fraction of sp³-hybridized carbons (Fsp3) is 0.273. The molecule has 9 heteroatoms. The molecule has 0 N–H and O–H groups in total. The molecule has 5 rings (SSSR count). The van der Waals surface area contributed by atoms with E-state index in [0.29, 0.717) is 0 Å². The Morgan fingerprint density at radius 3 is 2.42 bits per heavy atom. The number of nitrogens with zero attached hydrogens (tertiary/aromatic N) is 4. The minimum absolute atomic E-state index is 0.132. The van der Waals surface area contributed by atoms with Crippen LogP contribution in [0.25, 0.3) is 0 Å². The average Bonchev–Trinajstić information content (AvgIpc) is 3.25. The monoisotopic (exact) mass is 418 g/mol. The first kappa shape index (κ1) is 19.1. The number of likely N-dealkylation sites (tertiary alicyclic amines) is 1. The van der Waals surface area contributed by atoms with Crippen LogP contribution >= 0.6 is 0 Å². The zero-order valence-electron chi connectivity index (χ0n) is 16.5. The highest BCUT2D eigenvalue weighted by atomic mass is 16.6. The van der Waals surface area contributed by atoms with Crippen LogP contribution in [0.15, 0.2) is 53.6 Å². The van der Waals surface area contributed by atoms with E-state index in [4.69, 9.17) is 0 Å². The van der Waals surface area contributed by atoms with Crippen molar-refractivity contribution in [3.05, 3.63) is 75.3 Å². The maximum Gasteiger partial charge on any atom is 0.269 e. The molecule has 31 heavy (non-hydrogen) atoms. The number of nitro benzene ring substituents is 1. The average molecular weight is 418 g/mol. The first-order valence-electron chi connectivity index (χ1n) is 9.99. The number of carbonyl (C=O) groups excluding carboxylic acids is 3. The summed E-state index contributed by atoms with van der Waals surface area (Å²) in [5.41, 5.74) is 1.80. The first-order valence-corrected chi connectivity index (χ1v) is 9.99. The number of Topliss-reactive ketones (excluding diaryl/α,β-unsaturated/α-hetero) is 1. The molecular weight excluding hydrogens is 400 g/mol. The van der Waals surface area contributed by atoms with Gasteiger partial charge in [-0.3, -0.25) is 34.4 Å². The van der Waals surface area contributed by atoms with Gasteiger partial charge in [0.15, 0.2) is 5.78 Å². The Labute approximate surface area is 177 Å². The van der Waals surface area contributed by atoms with E-state index in [1.807, 2.05) is 24.3 Å². The van der Waals surface area contributed by atoms with E-state index in [9.17, 15) is 24.5 Å². The van der Waals surface area contributed by atoms with E-state index in [1.165, 1.54) is 29.2 Å². The first-order chi connectivity index (χ1) is 14.9. The number of imide groups is 1. The second-order valence-electron chi connectivity index (χ2n) is 7.78. The van der Waals surface area contributed by atoms with E-state index < -0.39 is 28.8 Å². The number of rotatable bonds is 4. The number of carbonyl (C=O) groups is 3. The van der Waals surface area contributed by atoms with Crippen LogP contribution in [0.4, 0.5) is 5.69 Å². The number of ketones is 1. The van der Waals surface area contributed by atoms with Gasteiger partial charge in [0.2, 0.25) is 11.8 Å². The second-order valence-corrected chi connectivity index (χ2v) is 7.78. The molecule has 0 unspecified atom stereocenters. The predicted octanol–water partition coefficient (Wildman–Crippen LogP) is 2.17. The van der Waals surface area contributed by atoms with Gasteiger partial charge in [-0.2, -0.15) is 5.10 Å². The van der Waals surface area contributed by atoms with Crippen LogP contribution in [-0.4, -0.2) is 51.2 Å². The Morgan fingerprint density at radius 1 is 1.06 bits per heavy atom. The van der Waals surface area contributed by atoms with E-state index >= 15 is 0 Å². The maximum atomic E-state index is 13.5. The summed E-state index contributed by atoms with van der Waals surface area (Å²) in [4.78, 5) is 51.5. The molecule has 0 spiro atoms. The number of non-ortho nitro benzene ring substituents is 1. The molecule has 2 aromatic rings. The minimum atomic E-state index is -0.964. The molecule has 3 aliphatic rings. The lowest BCUT2D eigenvalue weighted by molar-refractivity contribution is -0.384. The second kappa shape index (κ2) is 6.83. The quantitative estimate of drug-likeness (QED) is 0.325. The fourth-order valence-electron chi connectivity index (χ4n) is 4.96. The maximum absolute atomic E-state index is 13.5. The molecule has 0 saturated carbocycles. The van der Waals surface area contributed by atoms with Crippen molar-refractivity contribution in [2.75, 3.05) is 6.54 Å². The molecule has 9 nitrogen and oxygen atoms in total. The minimum Gasteiger partial charge on any atom is -0.292 e. The molecule has 4 atom stereocenters. The van der Waals surface area contributed by atoms with Crippen molar-refractivity contribution in [2.24, 2.45) is 16.9 Å². The van der Waals surface area contributed by atoms with Gasteiger partial charge in [0.25, 0.3) is 5.69 Å². The number of hydrazone groups is 1. The SMILES string of the molecule is CCN1C(=O)[C@@H]2[C@H](C1=O)[C@@H]1c3ccccc3C=NN1[C@H]2C(=O)c1ccc([N+](=O)[O-])cc1. The highest BCUT2D eigenvalue weighted by molar-refractivity contribution is 6.12. The molecule has 3 heterocycles. The molecule has 3 aliphatic heterocycles. The van der Waals surface area contributed by atoms with Crippen molar-refractivity contribution < 1.29 is 19.3 Å². The molecule has 0 bridgehead atoms. The Kier molecular flexibility index (Phi) is 4.21. The lowest BCUT2D eigenvalue weighted by Crippen LogP contribution is -2.44. The molecule has 156 valence electrons. The molecule has 2 saturated heterocycles. The van der Waals surface area contributed by atoms with Gasteiger partial charge in [-0.05, 0) is 30.2 Å². The third kappa shape index (κ3) is 2.62. The summed E-state index contributed by atoms with van der Waals surface area (Å²) in [5, 5.41) is 17.0. The number of nitro groups is 1. The van der Waals surface area contributed by atoms with Gasteiger partial charge in [0, 0.05) is 24.2 Å². The Bertz CT molecular complexity index is 1160. The van der Waals surface area contributed by atoms with Crippen molar-refractivity contribution >= 4 is 29.5 Å². The van der Waals surface area contributed by atoms with Crippen molar-refractivity contribution in [1.29, 1.82) is 0 Å². The standard InChI is InChI=1S/C22H18N4O5/c1-2-24-21(28)16-17(22(24)29)19(20(27)12-7-9-14(10-8-12)26(30)31)25-18(16)15-6-4-3-5-13(15)11-23-25/h3-11,16-19H,2H2,1H3/t16-,17+,18-,19+/m0/s1. The van der Waals surface area contributed by atoms with Crippen LogP contribution < -0.4 is 0 Å². The van der Waals surface area contributed by atoms with E-state index in [0.717, 1.165) is 11.1 Å². The molecule has 0 aliphatic carbocycles. The lowest BCUT2D eigenvalue weighted by Gasteiger charge is -2.33. The van der Waals surface area contributed by atoms with Gasteiger partial charge in [0.1, 0.15) is 6.04 Å². The van der Waals surface area contributed by atoms with Crippen molar-refractivity contribution in [2.45, 2.75) is 19.0 Å². The number of hydrogen-bond donors (Lipinski definition) is 0. The molecule has 0 radical (unpaired) electrons. The largest absolute Gasteiger partial charge is 0.292 e. The summed E-state index contributed by atoms with van der Waals surface area (Å²) in [6.07, 6.45) is 1.63. The summed E-state index contributed by atoms with van der Waals surface area (Å²) >= 11 is 0. The smallest absolute Gasteiger partial charge is 0.269 e. The normalized spacial score (nSPS) is 26.0. The van der Waals surface area contributed by atoms with Crippen LogP contribution in [-0.2, 0) is 9.59 Å². The van der Waals surface area contributed by atoms with Crippen LogP contribution in [0.2, 0.25) is 0 Å². The number of fused-ring (bicyclic) bond motifs is 5. The number of hydrogen-bond acceptors (Lipinski definition) is 7. The highest BCUT2D eigenvalue weighted by Crippen LogP contribution is 2.52. The van der Waals surface area contributed by atoms with Crippen LogP contribution in [0.1, 0.15) is 34.5 Å². The topological polar surface area (TPSA) is 113 Å². The zero-order valence-corrected chi connectivity index (χ0v) is 16.5. The van der Waals surface area contributed by atoms with E-state index in [2.05, 4.69) is 5.10 Å². The van der Waals surface area contributed by atoms with Gasteiger partial charge < -0.3 is 0 Å². The van der Waals surface area contributed by atoms with Crippen molar-refractivity contribution in [3.8, 4) is 0 Å². The molecule has 2 fully saturated rings. The van der Waals surface area contributed by atoms with Crippen molar-refractivity contribution in [3.63, 3.8) is 0 Å². The van der Waals surface area contributed by atoms with Crippen LogP contribution in [0.3, 0.4) is 0 Å². The highest BCUT2D eigenvalue weighted by Gasteiger charge is 2.64. The molecular formula is C22H18N4O5. The van der Waals surface area contributed by atoms with Gasteiger partial charge in [0.05, 0.1) is 29.0 Å². The summed E-state index contributed by atoms with van der Waals surface area (Å²) in [7, 11) is 0. The van der Waals surface area contributed by atoms with Crippen LogP contribution in [0, 0.1) is 22.0 Å². The fourth-order valence-corrected chi connectivity index (χ4v) is 4.96. The summed E-state index contributed by atoms with van der Waals surface area (Å²) < 4.78 is 0. The van der Waals surface area contributed by atoms with E-state index in [-0.39, 0.29) is 35.4 Å². The summed E-state index contributed by atoms with van der Waals surface area (Å²) in [5.74, 6) is -2.62. The third-order valence-electron chi connectivity index (χ3n) is 6.33. The van der Waals surface area contributed by atoms with Gasteiger partial charge in [-0.1, -0.05) is 24.3 Å². The lowest BCUT2D eigenvalue weighted by atomic mass is 9.83. The van der Waals surface area contributed by atoms with Crippen molar-refractivity contribution in [1.82, 2.24) is 9.91 Å². The summed E-state index contributed by atoms with van der Waals surface area (Å²) in [6, 6.07) is 11.3. The Balaban J connectivity index is 1.61. The third-order valence-corrected chi connectivity index (χ3v) is 6.33. The summed E-state index contributed by atoms with van der Waals surface area (Å²) in [6.45, 7) is 1.97. The Hall–Kier alpha value is -3.88. The molecule has 2 amide bonds. The van der Waals surface area contributed by atoms with Crippen LogP contribution in [0.5, 0.6) is 0 Å². The van der Waals surface area contributed by atoms with Gasteiger partial charge >= 0.3 is 0 Å². The van der Waals surface area contributed by atoms with E-state index in [1.54, 1.807) is 18.1 Å². The Morgan fingerprint density at radius 2 is 1.74 bits per heavy atom. The zero-order chi connectivity index (χ0) is 21.9. The van der Waals surface area contributed by atoms with Gasteiger partial charge in [-0.25, -0.2) is 0 Å². The number of amides is 2. The molecule has 0 aromatic heterocycles. The van der Waals surface area contributed by atoms with Gasteiger partial charge in [-0.15, -0.1) is 0 Å². The predicted molar refractivity (Wildman–Crippen MR) is 109 cm³/mol. The number of benzene rings is 2. The molecule has 2 aromatic carbocycles.